The summed E-state index contributed by atoms with van der Waals surface area (Å²) in [6, 6.07) is 1.93. The highest BCUT2D eigenvalue weighted by Gasteiger charge is 2.03. The van der Waals surface area contributed by atoms with E-state index in [1.807, 2.05) is 13.0 Å². The number of rotatable bonds is 0. The van der Waals surface area contributed by atoms with E-state index in [-0.39, 0.29) is 5.56 Å². The van der Waals surface area contributed by atoms with Gasteiger partial charge in [0.1, 0.15) is 7.85 Å². The molecule has 0 aromatic carbocycles. The first-order valence-electron chi connectivity index (χ1n) is 3.55. The molecule has 0 aliphatic rings. The van der Waals surface area contributed by atoms with Crippen LogP contribution in [-0.4, -0.2) is 12.8 Å². The van der Waals surface area contributed by atoms with Crippen molar-refractivity contribution < 1.29 is 0 Å². The van der Waals surface area contributed by atoms with Gasteiger partial charge in [0.2, 0.25) is 0 Å². The van der Waals surface area contributed by atoms with Crippen LogP contribution in [0.25, 0.3) is 10.1 Å². The third-order valence-electron chi connectivity index (χ3n) is 1.73. The fourth-order valence-electron chi connectivity index (χ4n) is 1.21. The Labute approximate surface area is 74.7 Å². The minimum atomic E-state index is -0.0937. The molecule has 0 amide bonds. The lowest BCUT2D eigenvalue weighted by atomic mass is 9.97. The van der Waals surface area contributed by atoms with Crippen LogP contribution in [0.3, 0.4) is 0 Å². The fourth-order valence-corrected chi connectivity index (χ4v) is 2.16. The van der Waals surface area contributed by atoms with E-state index in [2.05, 4.69) is 4.98 Å². The maximum absolute atomic E-state index is 11.4. The van der Waals surface area contributed by atoms with Crippen molar-refractivity contribution in [2.24, 2.45) is 0 Å². The number of thiophene rings is 1. The van der Waals surface area contributed by atoms with Crippen LogP contribution in [0.1, 0.15) is 5.69 Å². The number of aromatic nitrogens is 1. The van der Waals surface area contributed by atoms with Crippen molar-refractivity contribution in [3.05, 3.63) is 27.5 Å². The van der Waals surface area contributed by atoms with Crippen molar-refractivity contribution in [3.8, 4) is 0 Å². The molecule has 2 aromatic rings. The molecule has 0 spiro atoms. The van der Waals surface area contributed by atoms with E-state index in [9.17, 15) is 4.79 Å². The van der Waals surface area contributed by atoms with Gasteiger partial charge in [0, 0.05) is 10.4 Å². The van der Waals surface area contributed by atoms with Gasteiger partial charge in [-0.25, -0.2) is 0 Å². The summed E-state index contributed by atoms with van der Waals surface area (Å²) in [6.07, 6.45) is 0. The topological polar surface area (TPSA) is 32.9 Å². The summed E-state index contributed by atoms with van der Waals surface area (Å²) in [5.41, 5.74) is 1.34. The molecule has 0 unspecified atom stereocenters. The van der Waals surface area contributed by atoms with Crippen molar-refractivity contribution in [2.75, 3.05) is 0 Å². The lowest BCUT2D eigenvalue weighted by molar-refractivity contribution is 1.18. The highest BCUT2D eigenvalue weighted by atomic mass is 32.1. The van der Waals surface area contributed by atoms with E-state index in [0.717, 1.165) is 10.4 Å². The van der Waals surface area contributed by atoms with Gasteiger partial charge >= 0.3 is 0 Å². The first-order valence-corrected chi connectivity index (χ1v) is 4.43. The van der Waals surface area contributed by atoms with E-state index in [0.29, 0.717) is 10.8 Å². The number of pyridine rings is 1. The zero-order valence-corrected chi connectivity index (χ0v) is 7.37. The lowest BCUT2D eigenvalue weighted by Gasteiger charge is -1.93. The third-order valence-corrected chi connectivity index (χ3v) is 2.68. The van der Waals surface area contributed by atoms with E-state index >= 15 is 0 Å². The van der Waals surface area contributed by atoms with Gasteiger partial charge < -0.3 is 4.98 Å². The van der Waals surface area contributed by atoms with Crippen molar-refractivity contribution in [2.45, 2.75) is 6.92 Å². The molecular weight excluding hydrogens is 169 g/mol. The number of aromatic amines is 1. The minimum absolute atomic E-state index is 0.0937. The second-order valence-electron chi connectivity index (χ2n) is 2.71. The second kappa shape index (κ2) is 2.49. The molecule has 0 atom stereocenters. The average molecular weight is 175 g/mol. The molecule has 2 radical (unpaired) electrons. The van der Waals surface area contributed by atoms with Crippen LogP contribution in [0.5, 0.6) is 0 Å². The van der Waals surface area contributed by atoms with Crippen molar-refractivity contribution in [3.63, 3.8) is 0 Å². The summed E-state index contributed by atoms with van der Waals surface area (Å²) < 4.78 is 0.953. The second-order valence-corrected chi connectivity index (χ2v) is 3.62. The van der Waals surface area contributed by atoms with Gasteiger partial charge in [-0.3, -0.25) is 4.79 Å². The first-order chi connectivity index (χ1) is 5.68. The number of hydrogen-bond acceptors (Lipinski definition) is 2. The zero-order chi connectivity index (χ0) is 8.72. The number of H-pyrrole nitrogens is 1. The predicted molar refractivity (Wildman–Crippen MR) is 52.6 cm³/mol. The summed E-state index contributed by atoms with van der Waals surface area (Å²) >= 11 is 1.50. The zero-order valence-electron chi connectivity index (χ0n) is 6.55. The molecule has 0 bridgehead atoms. The maximum Gasteiger partial charge on any atom is 0.256 e. The monoisotopic (exact) mass is 175 g/mol. The molecule has 2 nitrogen and oxygen atoms in total. The van der Waals surface area contributed by atoms with E-state index < -0.39 is 0 Å². The molecule has 12 heavy (non-hydrogen) atoms. The van der Waals surface area contributed by atoms with Crippen molar-refractivity contribution in [1.29, 1.82) is 0 Å². The van der Waals surface area contributed by atoms with Crippen LogP contribution >= 0.6 is 11.3 Å². The van der Waals surface area contributed by atoms with Crippen molar-refractivity contribution in [1.82, 2.24) is 4.98 Å². The van der Waals surface area contributed by atoms with Gasteiger partial charge in [0.15, 0.2) is 0 Å². The summed E-state index contributed by atoms with van der Waals surface area (Å²) in [6.45, 7) is 1.86. The summed E-state index contributed by atoms with van der Waals surface area (Å²) in [5.74, 6) is 0. The molecule has 58 valence electrons. The fraction of sp³-hybridized carbons (Fsp3) is 0.125. The Morgan fingerprint density at radius 3 is 3.08 bits per heavy atom. The molecule has 1 N–H and O–H groups in total. The number of fused-ring (bicyclic) bond motifs is 1. The summed E-state index contributed by atoms with van der Waals surface area (Å²) in [4.78, 5) is 14.1. The Morgan fingerprint density at radius 2 is 2.33 bits per heavy atom. The molecule has 2 aromatic heterocycles. The normalized spacial score (nSPS) is 10.8. The van der Waals surface area contributed by atoms with Crippen LogP contribution in [0.4, 0.5) is 0 Å². The Balaban J connectivity index is 3.03. The number of hydrogen-bond donors (Lipinski definition) is 1. The average Bonchev–Trinajstić information content (AvgIpc) is 2.31. The predicted octanol–water partition coefficient (Wildman–Crippen LogP) is 0.692. The highest BCUT2D eigenvalue weighted by molar-refractivity contribution is 7.18. The molecule has 0 fully saturated rings. The molecular formula is C8H6BNOS. The van der Waals surface area contributed by atoms with Gasteiger partial charge in [-0.05, 0) is 18.4 Å². The summed E-state index contributed by atoms with van der Waals surface area (Å²) in [7, 11) is 5.62. The highest BCUT2D eigenvalue weighted by Crippen LogP contribution is 2.14. The Hall–Kier alpha value is -1.03. The minimum Gasteiger partial charge on any atom is -0.326 e. The molecule has 2 heterocycles. The van der Waals surface area contributed by atoms with E-state index in [4.69, 9.17) is 7.85 Å². The van der Waals surface area contributed by atoms with Crippen LogP contribution in [-0.2, 0) is 0 Å². The Bertz CT molecular complexity index is 485. The maximum atomic E-state index is 11.4. The smallest absolute Gasteiger partial charge is 0.256 e. The molecule has 0 saturated carbocycles. The lowest BCUT2D eigenvalue weighted by Crippen LogP contribution is -2.13. The Kier molecular flexibility index (Phi) is 1.58. The van der Waals surface area contributed by atoms with Gasteiger partial charge in [0.05, 0.1) is 5.39 Å². The molecule has 0 saturated heterocycles. The molecule has 0 aliphatic heterocycles. The molecule has 2 rings (SSSR count). The number of aryl methyl sites for hydroxylation is 1. The largest absolute Gasteiger partial charge is 0.326 e. The Morgan fingerprint density at radius 1 is 1.58 bits per heavy atom. The standard InChI is InChI=1S/C8H6BNOS/c1-4-2-6-7(8(11)10-4)5(9)3-12-6/h2-3H,1H3,(H,10,11). The molecule has 0 aliphatic carbocycles. The SMILES string of the molecule is [B]c1csc2cc(C)[nH]c(=O)c12. The van der Waals surface area contributed by atoms with Crippen LogP contribution in [0, 0.1) is 6.92 Å². The quantitative estimate of drug-likeness (QED) is 0.587. The summed E-state index contributed by atoms with van der Waals surface area (Å²) in [5, 5.41) is 2.41. The van der Waals surface area contributed by atoms with E-state index in [1.54, 1.807) is 5.38 Å². The van der Waals surface area contributed by atoms with Crippen LogP contribution < -0.4 is 11.0 Å². The van der Waals surface area contributed by atoms with Gasteiger partial charge in [-0.15, -0.1) is 11.3 Å². The van der Waals surface area contributed by atoms with E-state index in [1.165, 1.54) is 11.3 Å². The number of nitrogens with one attached hydrogen (secondary N) is 1. The third kappa shape index (κ3) is 0.993. The van der Waals surface area contributed by atoms with Crippen molar-refractivity contribution >= 4 is 34.7 Å². The van der Waals surface area contributed by atoms with Gasteiger partial charge in [-0.1, -0.05) is 5.46 Å². The van der Waals surface area contributed by atoms with Gasteiger partial charge in [-0.2, -0.15) is 0 Å². The van der Waals surface area contributed by atoms with Gasteiger partial charge in [0.25, 0.3) is 5.56 Å². The van der Waals surface area contributed by atoms with Crippen LogP contribution in [0.2, 0.25) is 0 Å². The molecule has 4 heteroatoms. The van der Waals surface area contributed by atoms with Crippen LogP contribution in [0.15, 0.2) is 16.2 Å². The first kappa shape index (κ1) is 7.62.